The van der Waals surface area contributed by atoms with Crippen molar-refractivity contribution in [2.45, 2.75) is 18.7 Å². The Hall–Kier alpha value is -1.56. The van der Waals surface area contributed by atoms with Crippen molar-refractivity contribution in [3.63, 3.8) is 0 Å². The number of nitrogens with one attached hydrogen (secondary N) is 1. The second-order valence-corrected chi connectivity index (χ2v) is 7.15. The fraction of sp³-hybridized carbons (Fsp3) is 0.133. The summed E-state index contributed by atoms with van der Waals surface area (Å²) < 4.78 is 24.3. The summed E-state index contributed by atoms with van der Waals surface area (Å²) in [6.45, 7) is 3.53. The normalized spacial score (nSPS) is 12.3. The highest BCUT2D eigenvalue weighted by Crippen LogP contribution is 2.26. The molecule has 0 aliphatic carbocycles. The van der Waals surface area contributed by atoms with Crippen LogP contribution >= 0.6 is 23.2 Å². The molecule has 7 heteroatoms. The monoisotopic (exact) mass is 356 g/mol. The number of nitrogens with zero attached hydrogens (tertiary/aromatic N) is 1. The molecule has 0 aliphatic rings. The predicted octanol–water partition coefficient (Wildman–Crippen LogP) is 4.00. The third kappa shape index (κ3) is 3.80. The maximum Gasteiger partial charge on any atom is 0.276 e. The topological polar surface area (TPSA) is 58.5 Å². The largest absolute Gasteiger partial charge is 0.276 e. The highest BCUT2D eigenvalue weighted by atomic mass is 35.5. The van der Waals surface area contributed by atoms with Gasteiger partial charge in [-0.1, -0.05) is 53.0 Å². The molecular formula is C15H14Cl2N2O2S. The third-order valence-corrected chi connectivity index (χ3v) is 5.05. The lowest BCUT2D eigenvalue weighted by Crippen LogP contribution is -2.20. The first-order valence-electron chi connectivity index (χ1n) is 6.38. The van der Waals surface area contributed by atoms with Gasteiger partial charge in [0.2, 0.25) is 0 Å². The highest BCUT2D eigenvalue weighted by Gasteiger charge is 2.13. The molecule has 0 aromatic heterocycles. The molecule has 2 aromatic carbocycles. The van der Waals surface area contributed by atoms with Gasteiger partial charge in [0.25, 0.3) is 10.0 Å². The van der Waals surface area contributed by atoms with Gasteiger partial charge in [0, 0.05) is 5.56 Å². The Bertz CT molecular complexity index is 816. The van der Waals surface area contributed by atoms with E-state index in [4.69, 9.17) is 23.2 Å². The molecule has 0 radical (unpaired) electrons. The average molecular weight is 357 g/mol. The van der Waals surface area contributed by atoms with Gasteiger partial charge < -0.3 is 0 Å². The molecule has 2 aromatic rings. The molecule has 0 fully saturated rings. The quantitative estimate of drug-likeness (QED) is 0.664. The molecule has 0 aliphatic heterocycles. The van der Waals surface area contributed by atoms with E-state index >= 15 is 0 Å². The van der Waals surface area contributed by atoms with E-state index in [9.17, 15) is 8.42 Å². The number of aryl methyl sites for hydroxylation is 1. The minimum absolute atomic E-state index is 0.145. The lowest BCUT2D eigenvalue weighted by atomic mass is 10.1. The van der Waals surface area contributed by atoms with Gasteiger partial charge in [-0.15, -0.1) is 0 Å². The number of hydrogen-bond acceptors (Lipinski definition) is 3. The van der Waals surface area contributed by atoms with E-state index in [0.29, 0.717) is 21.3 Å². The molecule has 0 atom stereocenters. The summed E-state index contributed by atoms with van der Waals surface area (Å²) in [7, 11) is -3.72. The van der Waals surface area contributed by atoms with Crippen molar-refractivity contribution < 1.29 is 8.42 Å². The SMILES string of the molecule is C/C(=N\NS(=O)(=O)c1ccc(C)cc1)c1cccc(Cl)c1Cl. The summed E-state index contributed by atoms with van der Waals surface area (Å²) in [4.78, 5) is 2.34. The predicted molar refractivity (Wildman–Crippen MR) is 90.2 cm³/mol. The first-order chi connectivity index (χ1) is 10.3. The van der Waals surface area contributed by atoms with Gasteiger partial charge in [-0.05, 0) is 32.0 Å². The van der Waals surface area contributed by atoms with Gasteiger partial charge in [-0.3, -0.25) is 0 Å². The molecule has 0 amide bonds. The molecule has 0 spiro atoms. The smallest absolute Gasteiger partial charge is 0.200 e. The van der Waals surface area contributed by atoms with Crippen LogP contribution in [0.15, 0.2) is 52.5 Å². The number of benzene rings is 2. The molecule has 0 bridgehead atoms. The fourth-order valence-electron chi connectivity index (χ4n) is 1.74. The van der Waals surface area contributed by atoms with Crippen molar-refractivity contribution in [2.75, 3.05) is 0 Å². The fourth-order valence-corrected chi connectivity index (χ4v) is 3.04. The van der Waals surface area contributed by atoms with Crippen LogP contribution in [0.3, 0.4) is 0 Å². The van der Waals surface area contributed by atoms with Crippen molar-refractivity contribution in [2.24, 2.45) is 5.10 Å². The lowest BCUT2D eigenvalue weighted by molar-refractivity contribution is 0.584. The zero-order valence-corrected chi connectivity index (χ0v) is 14.3. The summed E-state index contributed by atoms with van der Waals surface area (Å²) in [5, 5.41) is 4.62. The Morgan fingerprint density at radius 2 is 1.73 bits per heavy atom. The summed E-state index contributed by atoms with van der Waals surface area (Å²) in [5.41, 5.74) is 1.97. The van der Waals surface area contributed by atoms with Crippen molar-refractivity contribution in [1.82, 2.24) is 4.83 Å². The third-order valence-electron chi connectivity index (χ3n) is 3.01. The first-order valence-corrected chi connectivity index (χ1v) is 8.62. The average Bonchev–Trinajstić information content (AvgIpc) is 2.48. The Morgan fingerprint density at radius 3 is 2.36 bits per heavy atom. The Kier molecular flexibility index (Phi) is 5.11. The number of hydrogen-bond donors (Lipinski definition) is 1. The number of rotatable bonds is 4. The summed E-state index contributed by atoms with van der Waals surface area (Å²) in [6, 6.07) is 11.6. The molecule has 0 heterocycles. The molecule has 0 unspecified atom stereocenters. The number of sulfonamides is 1. The van der Waals surface area contributed by atoms with Crippen molar-refractivity contribution in [3.8, 4) is 0 Å². The minimum atomic E-state index is -3.72. The van der Waals surface area contributed by atoms with Crippen LogP contribution in [-0.4, -0.2) is 14.1 Å². The molecule has 4 nitrogen and oxygen atoms in total. The van der Waals surface area contributed by atoms with Crippen LogP contribution < -0.4 is 4.83 Å². The van der Waals surface area contributed by atoms with E-state index in [1.807, 2.05) is 6.92 Å². The van der Waals surface area contributed by atoms with E-state index in [2.05, 4.69) is 9.93 Å². The summed E-state index contributed by atoms with van der Waals surface area (Å²) in [5.74, 6) is 0. The molecule has 116 valence electrons. The minimum Gasteiger partial charge on any atom is -0.200 e. The zero-order valence-electron chi connectivity index (χ0n) is 12.0. The molecule has 1 N–H and O–H groups in total. The molecule has 0 saturated carbocycles. The maximum atomic E-state index is 12.2. The van der Waals surface area contributed by atoms with E-state index in [-0.39, 0.29) is 4.90 Å². The van der Waals surface area contributed by atoms with Crippen LogP contribution in [0.2, 0.25) is 10.0 Å². The van der Waals surface area contributed by atoms with E-state index in [1.54, 1.807) is 37.3 Å². The van der Waals surface area contributed by atoms with E-state index in [1.165, 1.54) is 12.1 Å². The van der Waals surface area contributed by atoms with Gasteiger partial charge >= 0.3 is 0 Å². The highest BCUT2D eigenvalue weighted by molar-refractivity contribution is 7.89. The summed E-state index contributed by atoms with van der Waals surface area (Å²) in [6.07, 6.45) is 0. The van der Waals surface area contributed by atoms with Crippen LogP contribution in [0.25, 0.3) is 0 Å². The van der Waals surface area contributed by atoms with Crippen LogP contribution in [0.1, 0.15) is 18.1 Å². The van der Waals surface area contributed by atoms with Gasteiger partial charge in [0.15, 0.2) is 0 Å². The van der Waals surface area contributed by atoms with Gasteiger partial charge in [0.05, 0.1) is 20.7 Å². The molecule has 0 saturated heterocycles. The van der Waals surface area contributed by atoms with Crippen molar-refractivity contribution in [3.05, 3.63) is 63.6 Å². The Labute approximate surface area is 139 Å². The molecular weight excluding hydrogens is 343 g/mol. The van der Waals surface area contributed by atoms with Crippen LogP contribution in [-0.2, 0) is 10.0 Å². The Balaban J connectivity index is 2.26. The second kappa shape index (κ2) is 6.69. The van der Waals surface area contributed by atoms with Crippen LogP contribution in [0, 0.1) is 6.92 Å². The first kappa shape index (κ1) is 16.8. The zero-order chi connectivity index (χ0) is 16.3. The Morgan fingerprint density at radius 1 is 1.09 bits per heavy atom. The van der Waals surface area contributed by atoms with Crippen LogP contribution in [0.5, 0.6) is 0 Å². The summed E-state index contributed by atoms with van der Waals surface area (Å²) >= 11 is 12.0. The van der Waals surface area contributed by atoms with Gasteiger partial charge in [-0.25, -0.2) is 0 Å². The van der Waals surface area contributed by atoms with Crippen LogP contribution in [0.4, 0.5) is 0 Å². The van der Waals surface area contributed by atoms with E-state index in [0.717, 1.165) is 5.56 Å². The van der Waals surface area contributed by atoms with Gasteiger partial charge in [0.1, 0.15) is 0 Å². The number of hydrazone groups is 1. The second-order valence-electron chi connectivity index (χ2n) is 4.71. The molecule has 22 heavy (non-hydrogen) atoms. The van der Waals surface area contributed by atoms with Crippen molar-refractivity contribution in [1.29, 1.82) is 0 Å². The van der Waals surface area contributed by atoms with Gasteiger partial charge in [-0.2, -0.15) is 18.4 Å². The lowest BCUT2D eigenvalue weighted by Gasteiger charge is -2.07. The van der Waals surface area contributed by atoms with Crippen molar-refractivity contribution >= 4 is 38.9 Å². The van der Waals surface area contributed by atoms with E-state index < -0.39 is 10.0 Å². The maximum absolute atomic E-state index is 12.2. The number of halogens is 2. The standard InChI is InChI=1S/C15H14Cl2N2O2S/c1-10-6-8-12(9-7-10)22(20,21)19-18-11(2)13-4-3-5-14(16)15(13)17/h3-9,19H,1-2H3/b18-11+. The molecule has 2 rings (SSSR count).